The third-order valence-electron chi connectivity index (χ3n) is 1.93. The highest BCUT2D eigenvalue weighted by Gasteiger charge is 2.24. The van der Waals surface area contributed by atoms with Crippen molar-refractivity contribution in [3.8, 4) is 0 Å². The summed E-state index contributed by atoms with van der Waals surface area (Å²) in [5.74, 6) is -1.76. The van der Waals surface area contributed by atoms with Crippen molar-refractivity contribution in [2.24, 2.45) is 5.73 Å². The monoisotopic (exact) mass is 248 g/mol. The van der Waals surface area contributed by atoms with E-state index in [1.165, 1.54) is 0 Å². The minimum Gasteiger partial charge on any atom is -0.390 e. The molecule has 0 saturated carbocycles. The van der Waals surface area contributed by atoms with Gasteiger partial charge in [-0.2, -0.15) is 4.39 Å². The zero-order valence-electron chi connectivity index (χ0n) is 8.10. The lowest BCUT2D eigenvalue weighted by molar-refractivity contribution is -0.121. The van der Waals surface area contributed by atoms with Crippen molar-refractivity contribution >= 4 is 17.5 Å². The summed E-state index contributed by atoms with van der Waals surface area (Å²) in [5, 5.41) is 19.0. The standard InChI is InChI=1S/C9H10ClFN2O3/c10-4-1-5(9(11)13-3-4)8(16)6(14)2-7(12)15/h1,3,6,8,14,16H,2H2,(H2,12,15). The van der Waals surface area contributed by atoms with Gasteiger partial charge in [0.05, 0.1) is 17.5 Å². The van der Waals surface area contributed by atoms with Crippen LogP contribution in [0, 0.1) is 5.95 Å². The Hall–Kier alpha value is -1.24. The Morgan fingerprint density at radius 1 is 1.62 bits per heavy atom. The van der Waals surface area contributed by atoms with E-state index < -0.39 is 30.5 Å². The second-order valence-electron chi connectivity index (χ2n) is 3.22. The minimum absolute atomic E-state index is 0.113. The number of nitrogens with two attached hydrogens (primary N) is 1. The number of nitrogens with zero attached hydrogens (tertiary/aromatic N) is 1. The van der Waals surface area contributed by atoms with Crippen LogP contribution in [-0.2, 0) is 4.79 Å². The van der Waals surface area contributed by atoms with Crippen molar-refractivity contribution < 1.29 is 19.4 Å². The first-order valence-electron chi connectivity index (χ1n) is 4.37. The second-order valence-corrected chi connectivity index (χ2v) is 3.65. The van der Waals surface area contributed by atoms with Gasteiger partial charge in [-0.25, -0.2) is 4.98 Å². The van der Waals surface area contributed by atoms with Crippen LogP contribution in [-0.4, -0.2) is 27.2 Å². The summed E-state index contributed by atoms with van der Waals surface area (Å²) in [6.45, 7) is 0. The highest BCUT2D eigenvalue weighted by Crippen LogP contribution is 2.23. The predicted molar refractivity (Wildman–Crippen MR) is 54.0 cm³/mol. The number of aliphatic hydroxyl groups excluding tert-OH is 2. The molecule has 7 heteroatoms. The molecule has 1 aromatic rings. The zero-order chi connectivity index (χ0) is 12.3. The molecule has 1 aromatic heterocycles. The molecule has 1 amide bonds. The number of halogens is 2. The Morgan fingerprint density at radius 2 is 2.25 bits per heavy atom. The summed E-state index contributed by atoms with van der Waals surface area (Å²) in [6, 6.07) is 1.12. The molecule has 5 nitrogen and oxygen atoms in total. The summed E-state index contributed by atoms with van der Waals surface area (Å²) in [4.78, 5) is 13.8. The number of hydrogen-bond donors (Lipinski definition) is 3. The van der Waals surface area contributed by atoms with Gasteiger partial charge in [0.25, 0.3) is 0 Å². The van der Waals surface area contributed by atoms with Crippen LogP contribution in [0.2, 0.25) is 5.02 Å². The first kappa shape index (κ1) is 12.8. The quantitative estimate of drug-likeness (QED) is 0.661. The van der Waals surface area contributed by atoms with Crippen LogP contribution in [0.3, 0.4) is 0 Å². The fourth-order valence-corrected chi connectivity index (χ4v) is 1.34. The van der Waals surface area contributed by atoms with Gasteiger partial charge in [-0.1, -0.05) is 11.6 Å². The molecular formula is C9H10ClFN2O3. The number of primary amides is 1. The Bertz CT molecular complexity index is 402. The van der Waals surface area contributed by atoms with E-state index in [0.717, 1.165) is 12.3 Å². The van der Waals surface area contributed by atoms with Crippen LogP contribution in [0.5, 0.6) is 0 Å². The van der Waals surface area contributed by atoms with Crippen LogP contribution >= 0.6 is 11.6 Å². The third-order valence-corrected chi connectivity index (χ3v) is 2.13. The Balaban J connectivity index is 2.90. The van der Waals surface area contributed by atoms with Gasteiger partial charge in [-0.15, -0.1) is 0 Å². The molecule has 88 valence electrons. The van der Waals surface area contributed by atoms with E-state index in [2.05, 4.69) is 4.98 Å². The van der Waals surface area contributed by atoms with E-state index in [1.54, 1.807) is 0 Å². The molecular weight excluding hydrogens is 239 g/mol. The first-order chi connectivity index (χ1) is 7.41. The van der Waals surface area contributed by atoms with Crippen LogP contribution in [0.25, 0.3) is 0 Å². The summed E-state index contributed by atoms with van der Waals surface area (Å²) >= 11 is 5.56. The van der Waals surface area contributed by atoms with Crippen molar-refractivity contribution in [3.63, 3.8) is 0 Å². The summed E-state index contributed by atoms with van der Waals surface area (Å²) in [6.07, 6.45) is -2.51. The van der Waals surface area contributed by atoms with Crippen molar-refractivity contribution in [1.82, 2.24) is 4.98 Å². The van der Waals surface area contributed by atoms with Crippen LogP contribution < -0.4 is 5.73 Å². The number of pyridine rings is 1. The molecule has 16 heavy (non-hydrogen) atoms. The SMILES string of the molecule is NC(=O)CC(O)C(O)c1cc(Cl)cnc1F. The van der Waals surface area contributed by atoms with Gasteiger partial charge < -0.3 is 15.9 Å². The molecule has 0 spiro atoms. The molecule has 0 aliphatic carbocycles. The smallest absolute Gasteiger partial charge is 0.220 e. The molecule has 1 rings (SSSR count). The van der Waals surface area contributed by atoms with Crippen molar-refractivity contribution in [3.05, 3.63) is 28.8 Å². The Labute approximate surface area is 95.7 Å². The summed E-state index contributed by atoms with van der Waals surface area (Å²) in [5.41, 5.74) is 4.56. The maximum atomic E-state index is 13.2. The topological polar surface area (TPSA) is 96.4 Å². The van der Waals surface area contributed by atoms with E-state index in [4.69, 9.17) is 17.3 Å². The van der Waals surface area contributed by atoms with E-state index >= 15 is 0 Å². The minimum atomic E-state index is -1.60. The fraction of sp³-hybridized carbons (Fsp3) is 0.333. The number of aromatic nitrogens is 1. The zero-order valence-corrected chi connectivity index (χ0v) is 8.86. The molecule has 0 aliphatic heterocycles. The first-order valence-corrected chi connectivity index (χ1v) is 4.75. The van der Waals surface area contributed by atoms with Gasteiger partial charge in [0.2, 0.25) is 11.9 Å². The molecule has 1 heterocycles. The summed E-state index contributed by atoms with van der Waals surface area (Å²) in [7, 11) is 0. The van der Waals surface area contributed by atoms with Crippen molar-refractivity contribution in [1.29, 1.82) is 0 Å². The lowest BCUT2D eigenvalue weighted by atomic mass is 10.0. The van der Waals surface area contributed by atoms with Crippen molar-refractivity contribution in [2.75, 3.05) is 0 Å². The number of carbonyl (C=O) groups excluding carboxylic acids is 1. The maximum Gasteiger partial charge on any atom is 0.220 e. The molecule has 4 N–H and O–H groups in total. The van der Waals surface area contributed by atoms with Gasteiger partial charge in [-0.3, -0.25) is 4.79 Å². The largest absolute Gasteiger partial charge is 0.390 e. The van der Waals surface area contributed by atoms with Gasteiger partial charge in [0, 0.05) is 11.8 Å². The molecule has 2 unspecified atom stereocenters. The lowest BCUT2D eigenvalue weighted by Crippen LogP contribution is -2.26. The molecule has 0 aliphatic rings. The van der Waals surface area contributed by atoms with Gasteiger partial charge in [-0.05, 0) is 6.07 Å². The Morgan fingerprint density at radius 3 is 2.81 bits per heavy atom. The summed E-state index contributed by atoms with van der Waals surface area (Å²) < 4.78 is 13.2. The highest BCUT2D eigenvalue weighted by molar-refractivity contribution is 6.30. The maximum absolute atomic E-state index is 13.2. The van der Waals surface area contributed by atoms with E-state index in [1.807, 2.05) is 0 Å². The molecule has 2 atom stereocenters. The molecule has 0 fully saturated rings. The van der Waals surface area contributed by atoms with Crippen LogP contribution in [0.15, 0.2) is 12.3 Å². The van der Waals surface area contributed by atoms with Crippen LogP contribution in [0.4, 0.5) is 4.39 Å². The number of carbonyl (C=O) groups is 1. The van der Waals surface area contributed by atoms with Crippen LogP contribution in [0.1, 0.15) is 18.1 Å². The number of rotatable bonds is 4. The molecule has 0 bridgehead atoms. The van der Waals surface area contributed by atoms with E-state index in [-0.39, 0.29) is 10.6 Å². The fourth-order valence-electron chi connectivity index (χ4n) is 1.17. The van der Waals surface area contributed by atoms with E-state index in [9.17, 15) is 19.4 Å². The molecule has 0 saturated heterocycles. The number of aliphatic hydroxyl groups is 2. The average molecular weight is 249 g/mol. The van der Waals surface area contributed by atoms with Crippen molar-refractivity contribution in [2.45, 2.75) is 18.6 Å². The Kier molecular flexibility index (Phi) is 4.17. The normalized spacial score (nSPS) is 14.5. The number of amides is 1. The second kappa shape index (κ2) is 5.20. The molecule has 0 aromatic carbocycles. The highest BCUT2D eigenvalue weighted by atomic mass is 35.5. The lowest BCUT2D eigenvalue weighted by Gasteiger charge is -2.16. The average Bonchev–Trinajstić information content (AvgIpc) is 2.19. The van der Waals surface area contributed by atoms with Gasteiger partial charge in [0.15, 0.2) is 0 Å². The van der Waals surface area contributed by atoms with E-state index in [0.29, 0.717) is 0 Å². The van der Waals surface area contributed by atoms with Gasteiger partial charge in [0.1, 0.15) is 6.10 Å². The van der Waals surface area contributed by atoms with Gasteiger partial charge >= 0.3 is 0 Å². The third kappa shape index (κ3) is 3.13. The number of hydrogen-bond acceptors (Lipinski definition) is 4. The predicted octanol–water partition coefficient (Wildman–Crippen LogP) is 0.144. The molecule has 0 radical (unpaired) electrons.